The van der Waals surface area contributed by atoms with Crippen LogP contribution in [0.15, 0.2) is 78.9 Å². The predicted molar refractivity (Wildman–Crippen MR) is 112 cm³/mol. The zero-order chi connectivity index (χ0) is 18.6. The number of halogens is 1. The Morgan fingerprint density at radius 1 is 0.852 bits per heavy atom. The SMILES string of the molecule is OCc1ccc2c(Cc3ccccc3)cc(Nc3cccc(Cl)c3)nc2c1. The normalized spacial score (nSPS) is 10.9. The number of nitrogens with one attached hydrogen (secondary N) is 1. The molecule has 2 N–H and O–H groups in total. The van der Waals surface area contributed by atoms with Crippen molar-refractivity contribution in [3.8, 4) is 0 Å². The number of fused-ring (bicyclic) bond motifs is 1. The van der Waals surface area contributed by atoms with Crippen molar-refractivity contribution in [1.29, 1.82) is 0 Å². The maximum absolute atomic E-state index is 9.48. The fourth-order valence-electron chi connectivity index (χ4n) is 3.18. The first-order chi connectivity index (χ1) is 13.2. The minimum atomic E-state index is -0.00239. The molecule has 0 fully saturated rings. The molecule has 3 nitrogen and oxygen atoms in total. The molecule has 0 aliphatic carbocycles. The van der Waals surface area contributed by atoms with Gasteiger partial charge in [0, 0.05) is 16.1 Å². The molecule has 0 bridgehead atoms. The minimum Gasteiger partial charge on any atom is -0.392 e. The van der Waals surface area contributed by atoms with Crippen LogP contribution in [0.25, 0.3) is 10.9 Å². The molecule has 1 heterocycles. The summed E-state index contributed by atoms with van der Waals surface area (Å²) in [4.78, 5) is 4.75. The topological polar surface area (TPSA) is 45.1 Å². The summed E-state index contributed by atoms with van der Waals surface area (Å²) in [6, 6.07) is 25.9. The largest absolute Gasteiger partial charge is 0.392 e. The van der Waals surface area contributed by atoms with Crippen LogP contribution >= 0.6 is 11.6 Å². The second-order valence-corrected chi connectivity index (χ2v) is 6.91. The molecule has 1 aromatic heterocycles. The lowest BCUT2D eigenvalue weighted by Crippen LogP contribution is -1.99. The number of hydrogen-bond acceptors (Lipinski definition) is 3. The van der Waals surface area contributed by atoms with Crippen molar-refractivity contribution in [1.82, 2.24) is 4.98 Å². The van der Waals surface area contributed by atoms with E-state index in [9.17, 15) is 5.11 Å². The lowest BCUT2D eigenvalue weighted by atomic mass is 10.00. The molecule has 0 saturated heterocycles. The van der Waals surface area contributed by atoms with Gasteiger partial charge < -0.3 is 10.4 Å². The number of aliphatic hydroxyl groups is 1. The van der Waals surface area contributed by atoms with Gasteiger partial charge in [0.1, 0.15) is 5.82 Å². The third-order valence-corrected chi connectivity index (χ3v) is 4.71. The van der Waals surface area contributed by atoms with Gasteiger partial charge in [-0.15, -0.1) is 0 Å². The van der Waals surface area contributed by atoms with Gasteiger partial charge in [0.05, 0.1) is 12.1 Å². The van der Waals surface area contributed by atoms with Crippen LogP contribution in [0.5, 0.6) is 0 Å². The van der Waals surface area contributed by atoms with Gasteiger partial charge in [0.2, 0.25) is 0 Å². The molecule has 134 valence electrons. The van der Waals surface area contributed by atoms with Crippen LogP contribution in [0, 0.1) is 0 Å². The van der Waals surface area contributed by atoms with Crippen LogP contribution < -0.4 is 5.32 Å². The van der Waals surface area contributed by atoms with Gasteiger partial charge in [-0.25, -0.2) is 4.98 Å². The number of hydrogen-bond donors (Lipinski definition) is 2. The van der Waals surface area contributed by atoms with Gasteiger partial charge in [-0.3, -0.25) is 0 Å². The predicted octanol–water partition coefficient (Wildman–Crippen LogP) is 5.71. The Balaban J connectivity index is 1.79. The molecule has 4 heteroatoms. The third-order valence-electron chi connectivity index (χ3n) is 4.48. The quantitative estimate of drug-likeness (QED) is 0.470. The lowest BCUT2D eigenvalue weighted by Gasteiger charge is -2.13. The van der Waals surface area contributed by atoms with Crippen molar-refractivity contribution in [2.45, 2.75) is 13.0 Å². The number of aromatic nitrogens is 1. The van der Waals surface area contributed by atoms with E-state index in [4.69, 9.17) is 16.6 Å². The molecular weight excluding hydrogens is 356 g/mol. The summed E-state index contributed by atoms with van der Waals surface area (Å²) < 4.78 is 0. The summed E-state index contributed by atoms with van der Waals surface area (Å²) in [7, 11) is 0. The van der Waals surface area contributed by atoms with Crippen LogP contribution in [0.1, 0.15) is 16.7 Å². The second kappa shape index (κ2) is 7.78. The first-order valence-corrected chi connectivity index (χ1v) is 9.19. The van der Waals surface area contributed by atoms with E-state index in [1.54, 1.807) is 0 Å². The molecule has 0 spiro atoms. The number of aliphatic hydroxyl groups excluding tert-OH is 1. The lowest BCUT2D eigenvalue weighted by molar-refractivity contribution is 0.282. The molecule has 4 rings (SSSR count). The Labute approximate surface area is 163 Å². The van der Waals surface area contributed by atoms with E-state index in [0.29, 0.717) is 5.02 Å². The summed E-state index contributed by atoms with van der Waals surface area (Å²) in [5, 5.41) is 14.6. The fraction of sp³-hybridized carbons (Fsp3) is 0.0870. The molecule has 0 amide bonds. The van der Waals surface area contributed by atoms with Crippen LogP contribution in [0.3, 0.4) is 0 Å². The number of nitrogens with zero attached hydrogens (tertiary/aromatic N) is 1. The standard InChI is InChI=1S/C23H19ClN2O/c24-19-7-4-8-20(14-19)25-23-13-18(11-16-5-2-1-3-6-16)21-10-9-17(15-27)12-22(21)26-23/h1-10,12-14,27H,11,15H2,(H,25,26). The zero-order valence-corrected chi connectivity index (χ0v) is 15.4. The van der Waals surface area contributed by atoms with Crippen molar-refractivity contribution >= 4 is 34.0 Å². The maximum atomic E-state index is 9.48. The Morgan fingerprint density at radius 2 is 1.70 bits per heavy atom. The first-order valence-electron chi connectivity index (χ1n) is 8.81. The summed E-state index contributed by atoms with van der Waals surface area (Å²) in [6.07, 6.45) is 0.808. The Hall–Kier alpha value is -2.88. The van der Waals surface area contributed by atoms with E-state index in [1.807, 2.05) is 60.7 Å². The van der Waals surface area contributed by atoms with E-state index in [0.717, 1.165) is 34.4 Å². The Kier molecular flexibility index (Phi) is 5.05. The highest BCUT2D eigenvalue weighted by molar-refractivity contribution is 6.30. The van der Waals surface area contributed by atoms with Gasteiger partial charge in [0.15, 0.2) is 0 Å². The number of rotatable bonds is 5. The zero-order valence-electron chi connectivity index (χ0n) is 14.7. The van der Waals surface area contributed by atoms with Crippen molar-refractivity contribution in [2.24, 2.45) is 0 Å². The van der Waals surface area contributed by atoms with E-state index in [-0.39, 0.29) is 6.61 Å². The van der Waals surface area contributed by atoms with Gasteiger partial charge >= 0.3 is 0 Å². The van der Waals surface area contributed by atoms with Crippen molar-refractivity contribution in [3.05, 3.63) is 101 Å². The van der Waals surface area contributed by atoms with Crippen LogP contribution in [0.2, 0.25) is 5.02 Å². The van der Waals surface area contributed by atoms with E-state index in [1.165, 1.54) is 11.1 Å². The molecule has 27 heavy (non-hydrogen) atoms. The number of anilines is 2. The molecule has 0 saturated carbocycles. The highest BCUT2D eigenvalue weighted by Gasteiger charge is 2.09. The highest BCUT2D eigenvalue weighted by Crippen LogP contribution is 2.27. The number of benzene rings is 3. The minimum absolute atomic E-state index is 0.00239. The Bertz CT molecular complexity index is 1080. The molecule has 3 aromatic carbocycles. The van der Waals surface area contributed by atoms with Gasteiger partial charge in [-0.1, -0.05) is 60.1 Å². The molecule has 0 aliphatic rings. The maximum Gasteiger partial charge on any atom is 0.131 e. The summed E-state index contributed by atoms with van der Waals surface area (Å²) >= 11 is 6.10. The summed E-state index contributed by atoms with van der Waals surface area (Å²) in [5.41, 5.74) is 5.02. The van der Waals surface area contributed by atoms with E-state index < -0.39 is 0 Å². The fourth-order valence-corrected chi connectivity index (χ4v) is 3.37. The Morgan fingerprint density at radius 3 is 2.48 bits per heavy atom. The van der Waals surface area contributed by atoms with Crippen molar-refractivity contribution in [3.63, 3.8) is 0 Å². The first kappa shape index (κ1) is 17.5. The van der Waals surface area contributed by atoms with Crippen LogP contribution in [0.4, 0.5) is 11.5 Å². The highest BCUT2D eigenvalue weighted by atomic mass is 35.5. The summed E-state index contributed by atoms with van der Waals surface area (Å²) in [5.74, 6) is 0.755. The molecule has 0 atom stereocenters. The van der Waals surface area contributed by atoms with Crippen molar-refractivity contribution in [2.75, 3.05) is 5.32 Å². The molecule has 0 unspecified atom stereocenters. The molecular formula is C23H19ClN2O. The summed E-state index contributed by atoms with van der Waals surface area (Å²) in [6.45, 7) is -0.00239. The average molecular weight is 375 g/mol. The van der Waals surface area contributed by atoms with E-state index in [2.05, 4.69) is 23.5 Å². The monoisotopic (exact) mass is 374 g/mol. The number of pyridine rings is 1. The second-order valence-electron chi connectivity index (χ2n) is 6.47. The van der Waals surface area contributed by atoms with Gasteiger partial charge in [0.25, 0.3) is 0 Å². The average Bonchev–Trinajstić information content (AvgIpc) is 2.68. The van der Waals surface area contributed by atoms with Crippen LogP contribution in [-0.2, 0) is 13.0 Å². The van der Waals surface area contributed by atoms with Crippen LogP contribution in [-0.4, -0.2) is 10.1 Å². The third kappa shape index (κ3) is 4.11. The van der Waals surface area contributed by atoms with Gasteiger partial charge in [-0.05, 0) is 53.4 Å². The molecule has 0 aliphatic heterocycles. The smallest absolute Gasteiger partial charge is 0.131 e. The molecule has 4 aromatic rings. The van der Waals surface area contributed by atoms with Crippen molar-refractivity contribution < 1.29 is 5.11 Å². The van der Waals surface area contributed by atoms with Gasteiger partial charge in [-0.2, -0.15) is 0 Å². The molecule has 0 radical (unpaired) electrons. The van der Waals surface area contributed by atoms with E-state index >= 15 is 0 Å².